The molecular formula is C10H6BrF3N2O. The van der Waals surface area contributed by atoms with Crippen molar-refractivity contribution < 1.29 is 17.7 Å². The number of aryl methyl sites for hydroxylation is 1. The predicted molar refractivity (Wildman–Crippen MR) is 57.2 cm³/mol. The lowest BCUT2D eigenvalue weighted by atomic mass is 10.1. The van der Waals surface area contributed by atoms with Crippen molar-refractivity contribution in [2.45, 2.75) is 13.1 Å². The van der Waals surface area contributed by atoms with Gasteiger partial charge in [0.05, 0.1) is 11.1 Å². The van der Waals surface area contributed by atoms with E-state index in [1.807, 2.05) is 0 Å². The number of nitrogens with zero attached hydrogens (tertiary/aromatic N) is 2. The van der Waals surface area contributed by atoms with E-state index in [-0.39, 0.29) is 21.8 Å². The zero-order valence-electron chi connectivity index (χ0n) is 8.55. The standard InChI is InChI=1S/C10H6BrF3N2O/c1-5-15-9(17-16-5)8-6(10(12,13)14)3-2-4-7(8)11/h2-4H,1H3. The quantitative estimate of drug-likeness (QED) is 0.804. The molecule has 7 heteroatoms. The first-order valence-corrected chi connectivity index (χ1v) is 5.35. The van der Waals surface area contributed by atoms with Crippen molar-refractivity contribution in [1.82, 2.24) is 10.1 Å². The van der Waals surface area contributed by atoms with Crippen molar-refractivity contribution in [2.24, 2.45) is 0 Å². The second kappa shape index (κ2) is 4.14. The van der Waals surface area contributed by atoms with Crippen LogP contribution >= 0.6 is 15.9 Å². The molecule has 0 aliphatic rings. The number of hydrogen-bond donors (Lipinski definition) is 0. The van der Waals surface area contributed by atoms with E-state index in [4.69, 9.17) is 4.52 Å². The van der Waals surface area contributed by atoms with E-state index in [0.717, 1.165) is 6.07 Å². The van der Waals surface area contributed by atoms with Gasteiger partial charge in [-0.1, -0.05) is 11.2 Å². The van der Waals surface area contributed by atoms with Gasteiger partial charge >= 0.3 is 6.18 Å². The molecule has 0 spiro atoms. The van der Waals surface area contributed by atoms with Crippen LogP contribution in [-0.2, 0) is 6.18 Å². The Bertz CT molecular complexity index is 551. The van der Waals surface area contributed by atoms with Crippen LogP contribution in [-0.4, -0.2) is 10.1 Å². The van der Waals surface area contributed by atoms with Gasteiger partial charge in [-0.25, -0.2) is 0 Å². The average Bonchev–Trinajstić information content (AvgIpc) is 2.63. The van der Waals surface area contributed by atoms with Crippen LogP contribution < -0.4 is 0 Å². The third kappa shape index (κ3) is 2.33. The highest BCUT2D eigenvalue weighted by molar-refractivity contribution is 9.10. The van der Waals surface area contributed by atoms with Gasteiger partial charge in [-0.15, -0.1) is 0 Å². The normalized spacial score (nSPS) is 11.8. The molecule has 2 rings (SSSR count). The minimum absolute atomic E-state index is 0.138. The summed E-state index contributed by atoms with van der Waals surface area (Å²) in [4.78, 5) is 3.81. The molecule has 0 radical (unpaired) electrons. The van der Waals surface area contributed by atoms with Crippen molar-refractivity contribution in [3.05, 3.63) is 34.1 Å². The highest BCUT2D eigenvalue weighted by atomic mass is 79.9. The first-order valence-electron chi connectivity index (χ1n) is 4.56. The van der Waals surface area contributed by atoms with Gasteiger partial charge < -0.3 is 4.52 Å². The first kappa shape index (κ1) is 12.1. The van der Waals surface area contributed by atoms with E-state index >= 15 is 0 Å². The van der Waals surface area contributed by atoms with Crippen LogP contribution in [0.1, 0.15) is 11.4 Å². The maximum Gasteiger partial charge on any atom is 0.417 e. The van der Waals surface area contributed by atoms with Gasteiger partial charge in [0, 0.05) is 4.47 Å². The Balaban J connectivity index is 2.67. The molecule has 1 aromatic heterocycles. The van der Waals surface area contributed by atoms with Crippen LogP contribution in [0.5, 0.6) is 0 Å². The molecule has 3 nitrogen and oxygen atoms in total. The lowest BCUT2D eigenvalue weighted by Crippen LogP contribution is -2.07. The Hall–Kier alpha value is -1.37. The maximum absolute atomic E-state index is 12.8. The smallest absolute Gasteiger partial charge is 0.334 e. The second-order valence-corrected chi connectivity index (χ2v) is 4.16. The summed E-state index contributed by atoms with van der Waals surface area (Å²) in [5, 5.41) is 3.48. The Morgan fingerprint density at radius 1 is 1.29 bits per heavy atom. The fraction of sp³-hybridized carbons (Fsp3) is 0.200. The summed E-state index contributed by atoms with van der Waals surface area (Å²) in [5.74, 6) is 0.131. The predicted octanol–water partition coefficient (Wildman–Crippen LogP) is 3.83. The molecule has 90 valence electrons. The molecule has 0 unspecified atom stereocenters. The van der Waals surface area contributed by atoms with E-state index in [1.54, 1.807) is 0 Å². The van der Waals surface area contributed by atoms with Crippen molar-refractivity contribution in [2.75, 3.05) is 0 Å². The topological polar surface area (TPSA) is 38.9 Å². The molecule has 2 aromatic rings. The Morgan fingerprint density at radius 2 is 2.00 bits per heavy atom. The van der Waals surface area contributed by atoms with Crippen molar-refractivity contribution >= 4 is 15.9 Å². The number of rotatable bonds is 1. The van der Waals surface area contributed by atoms with Gasteiger partial charge in [-0.3, -0.25) is 0 Å². The van der Waals surface area contributed by atoms with E-state index < -0.39 is 11.7 Å². The molecule has 0 saturated carbocycles. The number of alkyl halides is 3. The average molecular weight is 307 g/mol. The molecule has 0 N–H and O–H groups in total. The molecule has 0 saturated heterocycles. The summed E-state index contributed by atoms with van der Waals surface area (Å²) in [6, 6.07) is 3.77. The molecular weight excluding hydrogens is 301 g/mol. The van der Waals surface area contributed by atoms with E-state index in [2.05, 4.69) is 26.1 Å². The Labute approximate surface area is 103 Å². The summed E-state index contributed by atoms with van der Waals surface area (Å²) in [6.45, 7) is 1.54. The molecule has 0 atom stereocenters. The van der Waals surface area contributed by atoms with Gasteiger partial charge in [0.2, 0.25) is 0 Å². The lowest BCUT2D eigenvalue weighted by molar-refractivity contribution is -0.137. The molecule has 17 heavy (non-hydrogen) atoms. The number of benzene rings is 1. The van der Waals surface area contributed by atoms with Crippen molar-refractivity contribution in [3.63, 3.8) is 0 Å². The number of aromatic nitrogens is 2. The van der Waals surface area contributed by atoms with E-state index in [0.29, 0.717) is 0 Å². The summed E-state index contributed by atoms with van der Waals surface area (Å²) < 4.78 is 43.5. The maximum atomic E-state index is 12.8. The van der Waals surface area contributed by atoms with E-state index in [1.165, 1.54) is 19.1 Å². The molecule has 0 aliphatic carbocycles. The van der Waals surface area contributed by atoms with Crippen LogP contribution in [0.25, 0.3) is 11.5 Å². The Morgan fingerprint density at radius 3 is 2.53 bits per heavy atom. The van der Waals surface area contributed by atoms with Gasteiger partial charge in [0.15, 0.2) is 5.82 Å². The Kier molecular flexibility index (Phi) is 2.94. The summed E-state index contributed by atoms with van der Waals surface area (Å²) in [5.41, 5.74) is -0.948. The fourth-order valence-electron chi connectivity index (χ4n) is 1.38. The molecule has 0 bridgehead atoms. The van der Waals surface area contributed by atoms with Crippen LogP contribution in [0, 0.1) is 6.92 Å². The molecule has 1 aromatic carbocycles. The summed E-state index contributed by atoms with van der Waals surface area (Å²) in [7, 11) is 0. The van der Waals surface area contributed by atoms with Gasteiger partial charge in [-0.05, 0) is 35.0 Å². The van der Waals surface area contributed by atoms with E-state index in [9.17, 15) is 13.2 Å². The van der Waals surface area contributed by atoms with Crippen molar-refractivity contribution in [3.8, 4) is 11.5 Å². The molecule has 0 fully saturated rings. The number of hydrogen-bond acceptors (Lipinski definition) is 3. The van der Waals surface area contributed by atoms with Crippen LogP contribution in [0.15, 0.2) is 27.2 Å². The van der Waals surface area contributed by atoms with Crippen LogP contribution in [0.3, 0.4) is 0 Å². The lowest BCUT2D eigenvalue weighted by Gasteiger charge is -2.11. The van der Waals surface area contributed by atoms with Gasteiger partial charge in [-0.2, -0.15) is 18.2 Å². The minimum atomic E-state index is -4.47. The first-order chi connectivity index (χ1) is 7.89. The monoisotopic (exact) mass is 306 g/mol. The van der Waals surface area contributed by atoms with Crippen LogP contribution in [0.2, 0.25) is 0 Å². The highest BCUT2D eigenvalue weighted by Gasteiger charge is 2.36. The largest absolute Gasteiger partial charge is 0.417 e. The van der Waals surface area contributed by atoms with Gasteiger partial charge in [0.1, 0.15) is 0 Å². The zero-order valence-corrected chi connectivity index (χ0v) is 10.1. The molecule has 0 aliphatic heterocycles. The molecule has 1 heterocycles. The summed E-state index contributed by atoms with van der Waals surface area (Å²) >= 11 is 3.06. The minimum Gasteiger partial charge on any atom is -0.334 e. The van der Waals surface area contributed by atoms with Crippen LogP contribution in [0.4, 0.5) is 13.2 Å². The van der Waals surface area contributed by atoms with Crippen molar-refractivity contribution in [1.29, 1.82) is 0 Å². The summed E-state index contributed by atoms with van der Waals surface area (Å²) in [6.07, 6.45) is -4.47. The fourth-order valence-corrected chi connectivity index (χ4v) is 1.91. The third-order valence-corrected chi connectivity index (χ3v) is 2.72. The third-order valence-electron chi connectivity index (χ3n) is 2.06. The number of halogens is 4. The second-order valence-electron chi connectivity index (χ2n) is 3.31. The zero-order chi connectivity index (χ0) is 12.6. The molecule has 0 amide bonds. The highest BCUT2D eigenvalue weighted by Crippen LogP contribution is 2.40. The van der Waals surface area contributed by atoms with Gasteiger partial charge in [0.25, 0.3) is 5.89 Å². The SMILES string of the molecule is Cc1noc(-c2c(Br)cccc2C(F)(F)F)n1.